The van der Waals surface area contributed by atoms with Gasteiger partial charge in [-0.3, -0.25) is 9.59 Å². The molecule has 0 N–H and O–H groups in total. The molecule has 2 saturated heterocycles. The standard InChI is InChI=1S/C28H32N4O2/c1-21-7-6-8-22(17-21)18-32-26-13-15-31(25(26)11-4-5-12-27(32)33)28(34)24-10-3-2-9-23(24)19-30-16-14-29-20-30/h2-3,6-10,14,16-17,20,25-26H,4-5,11-13,15,18-19H2,1H3/t25-,26+/m0/s1. The van der Waals surface area contributed by atoms with E-state index in [1.807, 2.05) is 39.9 Å². The maximum absolute atomic E-state index is 13.8. The molecule has 2 aliphatic rings. The van der Waals surface area contributed by atoms with Gasteiger partial charge in [0, 0.05) is 44.0 Å². The molecule has 0 aliphatic carbocycles. The number of aromatic nitrogens is 2. The van der Waals surface area contributed by atoms with Crippen molar-refractivity contribution >= 4 is 11.8 Å². The highest BCUT2D eigenvalue weighted by molar-refractivity contribution is 5.96. The predicted octanol–water partition coefficient (Wildman–Crippen LogP) is 4.43. The lowest BCUT2D eigenvalue weighted by Gasteiger charge is -2.37. The Hall–Kier alpha value is -3.41. The fraction of sp³-hybridized carbons (Fsp3) is 0.393. The largest absolute Gasteiger partial charge is 0.334 e. The molecule has 176 valence electrons. The summed E-state index contributed by atoms with van der Waals surface area (Å²) in [7, 11) is 0. The fourth-order valence-electron chi connectivity index (χ4n) is 5.57. The van der Waals surface area contributed by atoms with E-state index < -0.39 is 0 Å². The summed E-state index contributed by atoms with van der Waals surface area (Å²) in [5.74, 6) is 0.290. The van der Waals surface area contributed by atoms with Gasteiger partial charge in [0.2, 0.25) is 5.91 Å². The van der Waals surface area contributed by atoms with E-state index in [0.29, 0.717) is 26.1 Å². The molecule has 5 rings (SSSR count). The summed E-state index contributed by atoms with van der Waals surface area (Å²) in [6.45, 7) is 3.99. The zero-order chi connectivity index (χ0) is 23.5. The second-order valence-corrected chi connectivity index (χ2v) is 9.57. The normalized spacial score (nSPS) is 20.7. The van der Waals surface area contributed by atoms with E-state index in [-0.39, 0.29) is 23.9 Å². The van der Waals surface area contributed by atoms with Crippen LogP contribution in [0.1, 0.15) is 59.2 Å². The summed E-state index contributed by atoms with van der Waals surface area (Å²) in [6, 6.07) is 16.4. The average molecular weight is 457 g/mol. The van der Waals surface area contributed by atoms with Crippen molar-refractivity contribution in [3.8, 4) is 0 Å². The Morgan fingerprint density at radius 1 is 1.03 bits per heavy atom. The molecular formula is C28H32N4O2. The molecule has 6 nitrogen and oxygen atoms in total. The molecule has 6 heteroatoms. The molecule has 3 aromatic rings. The molecule has 2 atom stereocenters. The van der Waals surface area contributed by atoms with Gasteiger partial charge in [0.05, 0.1) is 18.4 Å². The van der Waals surface area contributed by atoms with E-state index in [9.17, 15) is 9.59 Å². The Morgan fingerprint density at radius 3 is 2.74 bits per heavy atom. The monoisotopic (exact) mass is 456 g/mol. The molecule has 0 radical (unpaired) electrons. The van der Waals surface area contributed by atoms with Crippen molar-refractivity contribution < 1.29 is 9.59 Å². The van der Waals surface area contributed by atoms with Crippen molar-refractivity contribution in [2.75, 3.05) is 6.54 Å². The van der Waals surface area contributed by atoms with Crippen LogP contribution in [-0.2, 0) is 17.9 Å². The summed E-state index contributed by atoms with van der Waals surface area (Å²) < 4.78 is 1.98. The predicted molar refractivity (Wildman–Crippen MR) is 131 cm³/mol. The molecule has 3 heterocycles. The number of fused-ring (bicyclic) bond motifs is 1. The molecule has 0 saturated carbocycles. The van der Waals surface area contributed by atoms with Crippen LogP contribution in [0, 0.1) is 6.92 Å². The van der Waals surface area contributed by atoms with E-state index in [1.165, 1.54) is 5.56 Å². The quantitative estimate of drug-likeness (QED) is 0.571. The lowest BCUT2D eigenvalue weighted by Crippen LogP contribution is -2.49. The van der Waals surface area contributed by atoms with Crippen molar-refractivity contribution in [3.05, 3.63) is 89.5 Å². The Bertz CT molecular complexity index is 1160. The summed E-state index contributed by atoms with van der Waals surface area (Å²) >= 11 is 0. The van der Waals surface area contributed by atoms with E-state index in [1.54, 1.807) is 12.5 Å². The Morgan fingerprint density at radius 2 is 1.91 bits per heavy atom. The van der Waals surface area contributed by atoms with Gasteiger partial charge in [-0.2, -0.15) is 0 Å². The van der Waals surface area contributed by atoms with Crippen LogP contribution in [0.4, 0.5) is 0 Å². The van der Waals surface area contributed by atoms with Crippen molar-refractivity contribution in [1.82, 2.24) is 19.4 Å². The van der Waals surface area contributed by atoms with Gasteiger partial charge in [0.25, 0.3) is 5.91 Å². The Kier molecular flexibility index (Phi) is 6.48. The van der Waals surface area contributed by atoms with Gasteiger partial charge in [-0.05, 0) is 43.4 Å². The van der Waals surface area contributed by atoms with Crippen LogP contribution >= 0.6 is 0 Å². The number of aryl methyl sites for hydroxylation is 1. The number of hydrogen-bond donors (Lipinski definition) is 0. The SMILES string of the molecule is Cc1cccc(CN2C(=O)CCCC[C@H]3[C@H]2CCN3C(=O)c2ccccc2Cn2ccnc2)c1. The van der Waals surface area contributed by atoms with Crippen molar-refractivity contribution in [3.63, 3.8) is 0 Å². The molecule has 0 bridgehead atoms. The van der Waals surface area contributed by atoms with Gasteiger partial charge in [-0.25, -0.2) is 4.98 Å². The molecule has 2 amide bonds. The summed E-state index contributed by atoms with van der Waals surface area (Å²) in [6.07, 6.45) is 9.67. The number of rotatable bonds is 5. The van der Waals surface area contributed by atoms with E-state index in [4.69, 9.17) is 0 Å². The minimum Gasteiger partial charge on any atom is -0.334 e. The maximum Gasteiger partial charge on any atom is 0.254 e. The second-order valence-electron chi connectivity index (χ2n) is 9.57. The number of hydrogen-bond acceptors (Lipinski definition) is 3. The molecule has 0 spiro atoms. The van der Waals surface area contributed by atoms with Gasteiger partial charge in [0.15, 0.2) is 0 Å². The number of benzene rings is 2. The first kappa shape index (κ1) is 22.4. The topological polar surface area (TPSA) is 58.4 Å². The average Bonchev–Trinajstić information content (AvgIpc) is 3.49. The number of nitrogens with zero attached hydrogens (tertiary/aromatic N) is 4. The van der Waals surface area contributed by atoms with Gasteiger partial charge in [-0.1, -0.05) is 54.4 Å². The number of likely N-dealkylation sites (tertiary alicyclic amines) is 2. The maximum atomic E-state index is 13.8. The van der Waals surface area contributed by atoms with Crippen LogP contribution in [0.25, 0.3) is 0 Å². The van der Waals surface area contributed by atoms with Crippen molar-refractivity contribution in [1.29, 1.82) is 0 Å². The number of imidazole rings is 1. The summed E-state index contributed by atoms with van der Waals surface area (Å²) in [5.41, 5.74) is 4.09. The lowest BCUT2D eigenvalue weighted by atomic mass is 9.95. The van der Waals surface area contributed by atoms with E-state index in [0.717, 1.165) is 42.4 Å². The highest BCUT2D eigenvalue weighted by Crippen LogP contribution is 2.33. The van der Waals surface area contributed by atoms with Crippen LogP contribution in [0.5, 0.6) is 0 Å². The first-order valence-electron chi connectivity index (χ1n) is 12.3. The fourth-order valence-corrected chi connectivity index (χ4v) is 5.57. The van der Waals surface area contributed by atoms with Crippen molar-refractivity contribution in [2.24, 2.45) is 0 Å². The zero-order valence-corrected chi connectivity index (χ0v) is 19.8. The van der Waals surface area contributed by atoms with Crippen LogP contribution in [0.2, 0.25) is 0 Å². The third-order valence-corrected chi connectivity index (χ3v) is 7.23. The first-order chi connectivity index (χ1) is 16.6. The summed E-state index contributed by atoms with van der Waals surface area (Å²) in [4.78, 5) is 35.3. The number of carbonyl (C=O) groups excluding carboxylic acids is 2. The molecule has 0 unspecified atom stereocenters. The minimum absolute atomic E-state index is 0.0582. The van der Waals surface area contributed by atoms with Crippen LogP contribution < -0.4 is 0 Å². The highest BCUT2D eigenvalue weighted by Gasteiger charge is 2.42. The molecule has 2 fully saturated rings. The Balaban J connectivity index is 1.40. The molecule has 2 aliphatic heterocycles. The van der Waals surface area contributed by atoms with Gasteiger partial charge >= 0.3 is 0 Å². The Labute approximate surface area is 201 Å². The van der Waals surface area contributed by atoms with Gasteiger partial charge in [0.1, 0.15) is 0 Å². The van der Waals surface area contributed by atoms with E-state index in [2.05, 4.69) is 41.1 Å². The van der Waals surface area contributed by atoms with Crippen LogP contribution in [-0.4, -0.2) is 49.8 Å². The van der Waals surface area contributed by atoms with Gasteiger partial charge in [-0.15, -0.1) is 0 Å². The third-order valence-electron chi connectivity index (χ3n) is 7.23. The molecular weight excluding hydrogens is 424 g/mol. The van der Waals surface area contributed by atoms with Crippen LogP contribution in [0.15, 0.2) is 67.3 Å². The smallest absolute Gasteiger partial charge is 0.254 e. The first-order valence-corrected chi connectivity index (χ1v) is 12.3. The highest BCUT2D eigenvalue weighted by atomic mass is 16.2. The van der Waals surface area contributed by atoms with Gasteiger partial charge < -0.3 is 14.4 Å². The number of amides is 2. The molecule has 2 aromatic carbocycles. The lowest BCUT2D eigenvalue weighted by molar-refractivity contribution is -0.135. The van der Waals surface area contributed by atoms with Crippen LogP contribution in [0.3, 0.4) is 0 Å². The number of carbonyl (C=O) groups is 2. The zero-order valence-electron chi connectivity index (χ0n) is 19.8. The molecule has 1 aromatic heterocycles. The minimum atomic E-state index is 0.0582. The second kappa shape index (κ2) is 9.84. The summed E-state index contributed by atoms with van der Waals surface area (Å²) in [5, 5.41) is 0. The van der Waals surface area contributed by atoms with Crippen molar-refractivity contribution in [2.45, 2.75) is 64.2 Å². The molecule has 34 heavy (non-hydrogen) atoms. The third kappa shape index (κ3) is 4.63. The van der Waals surface area contributed by atoms with E-state index >= 15 is 0 Å².